The summed E-state index contributed by atoms with van der Waals surface area (Å²) in [6.45, 7) is 2.85. The summed E-state index contributed by atoms with van der Waals surface area (Å²) < 4.78 is 1.17. The molecule has 0 N–H and O–H groups in total. The van der Waals surface area contributed by atoms with Gasteiger partial charge in [0.15, 0.2) is 0 Å². The summed E-state index contributed by atoms with van der Waals surface area (Å²) in [6, 6.07) is 6.41. The van der Waals surface area contributed by atoms with Crippen LogP contribution in [-0.2, 0) is 6.42 Å². The van der Waals surface area contributed by atoms with Crippen molar-refractivity contribution in [3.05, 3.63) is 20.8 Å². The van der Waals surface area contributed by atoms with Crippen LogP contribution in [0.15, 0.2) is 15.9 Å². The molecule has 4 heteroatoms. The molecule has 1 aromatic heterocycles. The van der Waals surface area contributed by atoms with Gasteiger partial charge >= 0.3 is 0 Å². The molecule has 1 aromatic rings. The second-order valence-electron chi connectivity index (χ2n) is 3.24. The van der Waals surface area contributed by atoms with Gasteiger partial charge in [0, 0.05) is 11.4 Å². The van der Waals surface area contributed by atoms with Crippen molar-refractivity contribution in [2.45, 2.75) is 19.4 Å². The van der Waals surface area contributed by atoms with Crippen LogP contribution in [0.3, 0.4) is 0 Å². The molecule has 0 saturated carbocycles. The molecule has 1 heterocycles. The fourth-order valence-electron chi connectivity index (χ4n) is 1.06. The third-order valence-electron chi connectivity index (χ3n) is 2.19. The molecule has 0 bridgehead atoms. The minimum atomic E-state index is -0.00148. The van der Waals surface area contributed by atoms with Crippen LogP contribution in [0.5, 0.6) is 0 Å². The number of halogens is 1. The van der Waals surface area contributed by atoms with E-state index in [9.17, 15) is 0 Å². The fraction of sp³-hybridized carbons (Fsp3) is 0.500. The normalized spacial score (nSPS) is 12.8. The highest BCUT2D eigenvalue weighted by molar-refractivity contribution is 9.11. The number of nitrogens with zero attached hydrogens (tertiary/aromatic N) is 2. The van der Waals surface area contributed by atoms with Crippen LogP contribution in [-0.4, -0.2) is 24.5 Å². The molecule has 1 atom stereocenters. The molecule has 2 nitrogen and oxygen atoms in total. The highest BCUT2D eigenvalue weighted by Gasteiger charge is 2.07. The molecule has 0 aliphatic heterocycles. The zero-order chi connectivity index (χ0) is 10.6. The van der Waals surface area contributed by atoms with Gasteiger partial charge in [-0.1, -0.05) is 0 Å². The summed E-state index contributed by atoms with van der Waals surface area (Å²) in [5, 5.41) is 8.71. The first-order valence-electron chi connectivity index (χ1n) is 4.47. The Balaban J connectivity index is 2.38. The Bertz CT molecular complexity index is 329. The standard InChI is InChI=1S/C10H13BrN2S/c1-8(7-12)13(2)6-5-9-3-4-10(11)14-9/h3-4,8H,5-6H2,1-2H3. The molecule has 1 rings (SSSR count). The molecule has 0 saturated heterocycles. The first-order chi connectivity index (χ1) is 6.63. The van der Waals surface area contributed by atoms with E-state index in [-0.39, 0.29) is 6.04 Å². The van der Waals surface area contributed by atoms with Gasteiger partial charge < -0.3 is 0 Å². The van der Waals surface area contributed by atoms with Crippen LogP contribution in [0.1, 0.15) is 11.8 Å². The molecular formula is C10H13BrN2S. The number of nitriles is 1. The number of thiophene rings is 1. The number of hydrogen-bond donors (Lipinski definition) is 0. The van der Waals surface area contributed by atoms with E-state index in [1.54, 1.807) is 11.3 Å². The molecular weight excluding hydrogens is 260 g/mol. The molecule has 0 aliphatic rings. The van der Waals surface area contributed by atoms with Gasteiger partial charge in [-0.25, -0.2) is 0 Å². The van der Waals surface area contributed by atoms with E-state index in [0.717, 1.165) is 13.0 Å². The Morgan fingerprint density at radius 3 is 2.86 bits per heavy atom. The number of hydrogen-bond acceptors (Lipinski definition) is 3. The van der Waals surface area contributed by atoms with Crippen LogP contribution < -0.4 is 0 Å². The minimum Gasteiger partial charge on any atom is -0.291 e. The molecule has 0 spiro atoms. The monoisotopic (exact) mass is 272 g/mol. The third kappa shape index (κ3) is 3.41. The van der Waals surface area contributed by atoms with Crippen molar-refractivity contribution in [3.8, 4) is 6.07 Å². The molecule has 14 heavy (non-hydrogen) atoms. The predicted octanol–water partition coefficient (Wildman–Crippen LogP) is 2.90. The quantitative estimate of drug-likeness (QED) is 0.843. The lowest BCUT2D eigenvalue weighted by Gasteiger charge is -2.17. The van der Waals surface area contributed by atoms with Crippen LogP contribution in [0.25, 0.3) is 0 Å². The van der Waals surface area contributed by atoms with Crippen molar-refractivity contribution in [1.29, 1.82) is 5.26 Å². The highest BCUT2D eigenvalue weighted by atomic mass is 79.9. The summed E-state index contributed by atoms with van der Waals surface area (Å²) in [5.74, 6) is 0. The predicted molar refractivity (Wildman–Crippen MR) is 63.4 cm³/mol. The van der Waals surface area contributed by atoms with Gasteiger partial charge in [-0.05, 0) is 48.5 Å². The molecule has 0 aliphatic carbocycles. The largest absolute Gasteiger partial charge is 0.291 e. The Hall–Kier alpha value is -0.370. The van der Waals surface area contributed by atoms with Crippen molar-refractivity contribution < 1.29 is 0 Å². The lowest BCUT2D eigenvalue weighted by atomic mass is 10.3. The van der Waals surface area contributed by atoms with E-state index in [4.69, 9.17) is 5.26 Å². The van der Waals surface area contributed by atoms with E-state index in [1.807, 2.05) is 14.0 Å². The van der Waals surface area contributed by atoms with Crippen molar-refractivity contribution in [1.82, 2.24) is 4.90 Å². The Kier molecular flexibility index (Phi) is 4.59. The highest BCUT2D eigenvalue weighted by Crippen LogP contribution is 2.22. The molecule has 1 unspecified atom stereocenters. The summed E-state index contributed by atoms with van der Waals surface area (Å²) in [4.78, 5) is 3.42. The van der Waals surface area contributed by atoms with Gasteiger partial charge in [-0.2, -0.15) is 5.26 Å². The smallest absolute Gasteiger partial charge is 0.0946 e. The van der Waals surface area contributed by atoms with Crippen LogP contribution in [0.2, 0.25) is 0 Å². The Morgan fingerprint density at radius 1 is 1.64 bits per heavy atom. The van der Waals surface area contributed by atoms with Gasteiger partial charge in [0.25, 0.3) is 0 Å². The van der Waals surface area contributed by atoms with Gasteiger partial charge in [0.1, 0.15) is 0 Å². The van der Waals surface area contributed by atoms with Gasteiger partial charge in [0.2, 0.25) is 0 Å². The molecule has 76 valence electrons. The Labute approximate surface area is 97.3 Å². The van der Waals surface area contributed by atoms with E-state index < -0.39 is 0 Å². The van der Waals surface area contributed by atoms with Crippen LogP contribution in [0.4, 0.5) is 0 Å². The maximum Gasteiger partial charge on any atom is 0.0946 e. The molecule has 0 amide bonds. The fourth-order valence-corrected chi connectivity index (χ4v) is 2.54. The number of likely N-dealkylation sites (N-methyl/N-ethyl adjacent to an activating group) is 1. The summed E-state index contributed by atoms with van der Waals surface area (Å²) in [5.41, 5.74) is 0. The van der Waals surface area contributed by atoms with E-state index in [1.165, 1.54) is 8.66 Å². The van der Waals surface area contributed by atoms with Crippen LogP contribution in [0, 0.1) is 11.3 Å². The lowest BCUT2D eigenvalue weighted by molar-refractivity contribution is 0.307. The minimum absolute atomic E-state index is 0.00148. The van der Waals surface area contributed by atoms with E-state index in [2.05, 4.69) is 39.0 Å². The molecule has 0 fully saturated rings. The maximum atomic E-state index is 8.71. The van der Waals surface area contributed by atoms with E-state index >= 15 is 0 Å². The topological polar surface area (TPSA) is 27.0 Å². The summed E-state index contributed by atoms with van der Waals surface area (Å²) in [6.07, 6.45) is 1.01. The summed E-state index contributed by atoms with van der Waals surface area (Å²) in [7, 11) is 1.98. The zero-order valence-electron chi connectivity index (χ0n) is 8.33. The average molecular weight is 273 g/mol. The summed E-state index contributed by atoms with van der Waals surface area (Å²) >= 11 is 5.19. The average Bonchev–Trinajstić information content (AvgIpc) is 2.59. The van der Waals surface area contributed by atoms with Gasteiger partial charge in [-0.15, -0.1) is 11.3 Å². The zero-order valence-corrected chi connectivity index (χ0v) is 10.7. The third-order valence-corrected chi connectivity index (χ3v) is 3.87. The lowest BCUT2D eigenvalue weighted by Crippen LogP contribution is -2.29. The van der Waals surface area contributed by atoms with Crippen molar-refractivity contribution >= 4 is 27.3 Å². The first kappa shape index (κ1) is 11.7. The SMILES string of the molecule is CC(C#N)N(C)CCc1ccc(Br)s1. The second-order valence-corrected chi connectivity index (χ2v) is 5.79. The Morgan fingerprint density at radius 2 is 2.36 bits per heavy atom. The van der Waals surface area contributed by atoms with Gasteiger partial charge in [-0.3, -0.25) is 4.90 Å². The van der Waals surface area contributed by atoms with E-state index in [0.29, 0.717) is 0 Å². The van der Waals surface area contributed by atoms with Crippen molar-refractivity contribution in [3.63, 3.8) is 0 Å². The van der Waals surface area contributed by atoms with Gasteiger partial charge in [0.05, 0.1) is 15.9 Å². The number of rotatable bonds is 4. The molecule has 0 radical (unpaired) electrons. The second kappa shape index (κ2) is 5.50. The van der Waals surface area contributed by atoms with Crippen molar-refractivity contribution in [2.24, 2.45) is 0 Å². The molecule has 0 aromatic carbocycles. The maximum absolute atomic E-state index is 8.71. The van der Waals surface area contributed by atoms with Crippen molar-refractivity contribution in [2.75, 3.05) is 13.6 Å². The first-order valence-corrected chi connectivity index (χ1v) is 6.08. The van der Waals surface area contributed by atoms with Crippen LogP contribution >= 0.6 is 27.3 Å².